The first-order valence-corrected chi connectivity index (χ1v) is 16.3. The maximum absolute atomic E-state index is 16.7. The number of fused-ring (bicyclic) bond motifs is 2. The number of ether oxygens (including phenoxy) is 1. The van der Waals surface area contributed by atoms with Gasteiger partial charge in [0, 0.05) is 48.7 Å². The zero-order valence-corrected chi connectivity index (χ0v) is 26.6. The van der Waals surface area contributed by atoms with Crippen molar-refractivity contribution < 1.29 is 18.3 Å². The van der Waals surface area contributed by atoms with Gasteiger partial charge in [0.05, 0.1) is 35.5 Å². The number of carbonyl (C=O) groups excluding carboxylic acids is 1. The molecule has 0 radical (unpaired) electrons. The first kappa shape index (κ1) is 31.2. The predicted octanol–water partition coefficient (Wildman–Crippen LogP) is 6.15. The van der Waals surface area contributed by atoms with Crippen molar-refractivity contribution in [3.8, 4) is 23.3 Å². The normalized spacial score (nSPS) is 19.2. The number of nitrogens with zero attached hydrogens (tertiary/aromatic N) is 7. The van der Waals surface area contributed by atoms with Crippen molar-refractivity contribution >= 4 is 45.0 Å². The van der Waals surface area contributed by atoms with Crippen LogP contribution in [0, 0.1) is 28.4 Å². The number of halogens is 3. The van der Waals surface area contributed by atoms with Gasteiger partial charge in [0.25, 0.3) is 0 Å². The van der Waals surface area contributed by atoms with E-state index in [4.69, 9.17) is 21.3 Å². The number of carbonyl (C=O) groups is 1. The zero-order chi connectivity index (χ0) is 32.7. The molecule has 7 rings (SSSR count). The largest absolute Gasteiger partial charge is 0.463 e. The van der Waals surface area contributed by atoms with Crippen LogP contribution in [0.25, 0.3) is 32.9 Å². The summed E-state index contributed by atoms with van der Waals surface area (Å²) in [5, 5.41) is 10.8. The van der Waals surface area contributed by atoms with Crippen molar-refractivity contribution in [2.24, 2.45) is 5.41 Å². The van der Waals surface area contributed by atoms with E-state index in [0.29, 0.717) is 53.8 Å². The number of nitriles is 1. The van der Waals surface area contributed by atoms with Crippen molar-refractivity contribution in [2.45, 2.75) is 38.1 Å². The third-order valence-corrected chi connectivity index (χ3v) is 9.99. The second-order valence-corrected chi connectivity index (χ2v) is 13.1. The van der Waals surface area contributed by atoms with Gasteiger partial charge in [-0.1, -0.05) is 42.4 Å². The van der Waals surface area contributed by atoms with Gasteiger partial charge in [-0.2, -0.15) is 15.2 Å². The second kappa shape index (κ2) is 12.7. The first-order chi connectivity index (χ1) is 22.8. The Labute approximate surface area is 276 Å². The third-order valence-electron chi connectivity index (χ3n) is 9.62. The third kappa shape index (κ3) is 5.96. The molecule has 2 aromatic heterocycles. The van der Waals surface area contributed by atoms with E-state index < -0.39 is 17.7 Å². The molecule has 9 nitrogen and oxygen atoms in total. The Kier molecular flexibility index (Phi) is 8.41. The maximum Gasteiger partial charge on any atom is 0.319 e. The topological polar surface area (TPSA) is 98.5 Å². The van der Waals surface area contributed by atoms with Crippen molar-refractivity contribution in [3.05, 3.63) is 65.8 Å². The molecule has 0 bridgehead atoms. The van der Waals surface area contributed by atoms with Crippen molar-refractivity contribution in [1.82, 2.24) is 24.8 Å². The molecule has 1 aliphatic carbocycles. The standard InChI is InChI=1S/C35H34ClF2N7O2/c1-2-27(46)45-17-16-44(19-23(45)10-13-39)33-25-18-40-31(24-7-5-6-22-8-9-26(37)29(36)28(22)24)30(38)32(25)41-34(42-33)47-21-35(11-12-35)20-43-14-3-4-15-43/h2,5-9,18,23H,1,3-4,10-12,14-17,19-21H2/t23-/m0/s1. The number of pyridine rings is 1. The summed E-state index contributed by atoms with van der Waals surface area (Å²) in [7, 11) is 0. The van der Waals surface area contributed by atoms with E-state index in [1.54, 1.807) is 29.2 Å². The minimum atomic E-state index is -0.712. The van der Waals surface area contributed by atoms with Crippen LogP contribution >= 0.6 is 11.6 Å². The number of amides is 1. The fourth-order valence-electron chi connectivity index (χ4n) is 6.91. The number of rotatable bonds is 9. The fourth-order valence-corrected chi connectivity index (χ4v) is 7.19. The highest BCUT2D eigenvalue weighted by atomic mass is 35.5. The number of anilines is 1. The molecule has 2 saturated heterocycles. The summed E-state index contributed by atoms with van der Waals surface area (Å²) in [5.74, 6) is -1.17. The van der Waals surface area contributed by atoms with Crippen LogP contribution in [0.3, 0.4) is 0 Å². The molecular formula is C35H34ClF2N7O2. The average molecular weight is 658 g/mol. The zero-order valence-electron chi connectivity index (χ0n) is 25.9. The van der Waals surface area contributed by atoms with Gasteiger partial charge in [0.1, 0.15) is 22.8 Å². The van der Waals surface area contributed by atoms with Gasteiger partial charge in [-0.3, -0.25) is 9.78 Å². The van der Waals surface area contributed by atoms with Gasteiger partial charge < -0.3 is 19.4 Å². The highest BCUT2D eigenvalue weighted by Crippen LogP contribution is 2.47. The lowest BCUT2D eigenvalue weighted by atomic mass is 10.0. The highest BCUT2D eigenvalue weighted by Gasteiger charge is 2.45. The van der Waals surface area contributed by atoms with Gasteiger partial charge in [-0.25, -0.2) is 8.78 Å². The van der Waals surface area contributed by atoms with E-state index in [2.05, 4.69) is 27.5 Å². The summed E-state index contributed by atoms with van der Waals surface area (Å²) in [6.07, 6.45) is 7.35. The monoisotopic (exact) mass is 657 g/mol. The lowest BCUT2D eigenvalue weighted by Gasteiger charge is -2.41. The van der Waals surface area contributed by atoms with E-state index >= 15 is 4.39 Å². The molecule has 2 aliphatic heterocycles. The molecule has 0 N–H and O–H groups in total. The minimum Gasteiger partial charge on any atom is -0.463 e. The van der Waals surface area contributed by atoms with Crippen LogP contribution in [-0.2, 0) is 4.79 Å². The molecule has 1 saturated carbocycles. The first-order valence-electron chi connectivity index (χ1n) is 15.9. The number of aromatic nitrogens is 3. The molecule has 3 aliphatic rings. The summed E-state index contributed by atoms with van der Waals surface area (Å²) in [4.78, 5) is 32.5. The van der Waals surface area contributed by atoms with Gasteiger partial charge in [-0.15, -0.1) is 0 Å². The Morgan fingerprint density at radius 3 is 2.70 bits per heavy atom. The molecule has 47 heavy (non-hydrogen) atoms. The quantitative estimate of drug-likeness (QED) is 0.198. The van der Waals surface area contributed by atoms with E-state index in [-0.39, 0.29) is 40.0 Å². The number of likely N-dealkylation sites (tertiary alicyclic amines) is 1. The Hall–Kier alpha value is -4.40. The maximum atomic E-state index is 16.7. The van der Waals surface area contributed by atoms with Crippen LogP contribution < -0.4 is 9.64 Å². The summed E-state index contributed by atoms with van der Waals surface area (Å²) in [5.41, 5.74) is 0.332. The van der Waals surface area contributed by atoms with Crippen LogP contribution in [0.5, 0.6) is 6.01 Å². The molecule has 242 valence electrons. The lowest BCUT2D eigenvalue weighted by molar-refractivity contribution is -0.128. The molecule has 1 amide bonds. The van der Waals surface area contributed by atoms with Crippen LogP contribution in [-0.4, -0.2) is 82.6 Å². The number of benzene rings is 2. The van der Waals surface area contributed by atoms with Crippen LogP contribution in [0.1, 0.15) is 32.1 Å². The van der Waals surface area contributed by atoms with Gasteiger partial charge in [0.2, 0.25) is 5.91 Å². The van der Waals surface area contributed by atoms with Crippen LogP contribution in [0.2, 0.25) is 5.02 Å². The second-order valence-electron chi connectivity index (χ2n) is 12.7. The van der Waals surface area contributed by atoms with Gasteiger partial charge in [-0.05, 0) is 56.3 Å². The molecule has 2 aromatic carbocycles. The summed E-state index contributed by atoms with van der Waals surface area (Å²) >= 11 is 6.40. The Morgan fingerprint density at radius 1 is 1.15 bits per heavy atom. The van der Waals surface area contributed by atoms with Crippen LogP contribution in [0.4, 0.5) is 14.6 Å². The van der Waals surface area contributed by atoms with Crippen molar-refractivity contribution in [1.29, 1.82) is 5.26 Å². The molecule has 0 spiro atoms. The van der Waals surface area contributed by atoms with E-state index in [0.717, 1.165) is 32.5 Å². The van der Waals surface area contributed by atoms with Gasteiger partial charge >= 0.3 is 6.01 Å². The molecule has 4 aromatic rings. The van der Waals surface area contributed by atoms with Crippen molar-refractivity contribution in [2.75, 3.05) is 50.8 Å². The van der Waals surface area contributed by atoms with E-state index in [1.807, 2.05) is 4.90 Å². The summed E-state index contributed by atoms with van der Waals surface area (Å²) in [6.45, 7) is 8.13. The molecule has 3 fully saturated rings. The van der Waals surface area contributed by atoms with E-state index in [1.165, 1.54) is 31.2 Å². The molecule has 4 heterocycles. The summed E-state index contributed by atoms with van der Waals surface area (Å²) in [6, 6.07) is 9.84. The molecule has 1 atom stereocenters. The number of hydrogen-bond acceptors (Lipinski definition) is 8. The predicted molar refractivity (Wildman–Crippen MR) is 176 cm³/mol. The minimum absolute atomic E-state index is 0.00495. The fraction of sp³-hybridized carbons (Fsp3) is 0.400. The number of piperazine rings is 1. The smallest absolute Gasteiger partial charge is 0.319 e. The Bertz CT molecular complexity index is 1920. The Morgan fingerprint density at radius 2 is 1.96 bits per heavy atom. The Balaban J connectivity index is 1.31. The van der Waals surface area contributed by atoms with Crippen LogP contribution in [0.15, 0.2) is 49.2 Å². The SMILES string of the molecule is C=CC(=O)N1CCN(c2nc(OCC3(CN4CCCC4)CC3)nc3c(F)c(-c4cccc5ccc(F)c(Cl)c45)ncc23)C[C@@H]1CC#N. The molecule has 0 unspecified atom stereocenters. The summed E-state index contributed by atoms with van der Waals surface area (Å²) < 4.78 is 37.6. The van der Waals surface area contributed by atoms with E-state index in [9.17, 15) is 14.4 Å². The molecule has 12 heteroatoms. The lowest BCUT2D eigenvalue weighted by Crippen LogP contribution is -2.55. The highest BCUT2D eigenvalue weighted by molar-refractivity contribution is 6.36. The van der Waals surface area contributed by atoms with Gasteiger partial charge in [0.15, 0.2) is 5.82 Å². The molecular weight excluding hydrogens is 624 g/mol. The van der Waals surface area contributed by atoms with Crippen molar-refractivity contribution in [3.63, 3.8) is 0 Å². The average Bonchev–Trinajstić information content (AvgIpc) is 3.66. The number of hydrogen-bond donors (Lipinski definition) is 0.